The van der Waals surface area contributed by atoms with Crippen molar-refractivity contribution in [1.29, 1.82) is 0 Å². The Bertz CT molecular complexity index is 532. The van der Waals surface area contributed by atoms with Gasteiger partial charge in [-0.05, 0) is 36.2 Å². The van der Waals surface area contributed by atoms with Crippen molar-refractivity contribution >= 4 is 11.5 Å². The molecule has 102 valence electrons. The minimum atomic E-state index is 0.491. The molecular formula is C12H19N7. The molecule has 0 radical (unpaired) electrons. The summed E-state index contributed by atoms with van der Waals surface area (Å²) in [4.78, 5) is 6.64. The highest BCUT2D eigenvalue weighted by Crippen LogP contribution is 2.20. The first-order valence-electron chi connectivity index (χ1n) is 6.89. The molecule has 0 bridgehead atoms. The number of fused-ring (bicyclic) bond motifs is 1. The zero-order chi connectivity index (χ0) is 13.1. The number of anilines is 1. The molecule has 0 aliphatic carbocycles. The van der Waals surface area contributed by atoms with Crippen LogP contribution in [0.25, 0.3) is 5.65 Å². The van der Waals surface area contributed by atoms with E-state index in [1.807, 2.05) is 6.20 Å². The molecule has 3 rings (SSSR count). The number of rotatable bonds is 4. The average Bonchev–Trinajstić information content (AvgIpc) is 2.94. The van der Waals surface area contributed by atoms with Crippen LogP contribution < -0.4 is 10.2 Å². The van der Waals surface area contributed by atoms with Gasteiger partial charge in [0.1, 0.15) is 0 Å². The molecule has 0 saturated carbocycles. The third-order valence-corrected chi connectivity index (χ3v) is 3.56. The van der Waals surface area contributed by atoms with E-state index in [9.17, 15) is 0 Å². The van der Waals surface area contributed by atoms with Gasteiger partial charge in [-0.2, -0.15) is 4.52 Å². The molecule has 1 aliphatic heterocycles. The standard InChI is InChI=1S/C12H19N7/c1-2-6-18(10-4-3-5-13-7-10)12-9-14-8-11-15-16-17-19(11)12/h8-10,13H,2-7H2,1H3. The van der Waals surface area contributed by atoms with E-state index < -0.39 is 0 Å². The van der Waals surface area contributed by atoms with Gasteiger partial charge < -0.3 is 10.2 Å². The molecule has 1 fully saturated rings. The summed E-state index contributed by atoms with van der Waals surface area (Å²) in [6.07, 6.45) is 7.05. The van der Waals surface area contributed by atoms with Gasteiger partial charge in [-0.15, -0.1) is 5.10 Å². The van der Waals surface area contributed by atoms with Crippen molar-refractivity contribution in [3.63, 3.8) is 0 Å². The molecule has 7 nitrogen and oxygen atoms in total. The quantitative estimate of drug-likeness (QED) is 0.863. The molecule has 1 aliphatic rings. The molecule has 1 N–H and O–H groups in total. The van der Waals surface area contributed by atoms with E-state index in [4.69, 9.17) is 0 Å². The van der Waals surface area contributed by atoms with E-state index in [2.05, 4.69) is 37.6 Å². The highest BCUT2D eigenvalue weighted by molar-refractivity contribution is 5.46. The van der Waals surface area contributed by atoms with E-state index in [0.29, 0.717) is 11.7 Å². The maximum Gasteiger partial charge on any atom is 0.199 e. The van der Waals surface area contributed by atoms with E-state index in [-0.39, 0.29) is 0 Å². The van der Waals surface area contributed by atoms with Gasteiger partial charge in [-0.1, -0.05) is 6.92 Å². The minimum absolute atomic E-state index is 0.491. The number of nitrogens with zero attached hydrogens (tertiary/aromatic N) is 6. The van der Waals surface area contributed by atoms with Crippen molar-refractivity contribution in [2.45, 2.75) is 32.2 Å². The molecule has 7 heteroatoms. The maximum absolute atomic E-state index is 4.26. The smallest absolute Gasteiger partial charge is 0.199 e. The lowest BCUT2D eigenvalue weighted by molar-refractivity contribution is 0.426. The number of aromatic nitrogens is 5. The van der Waals surface area contributed by atoms with E-state index in [1.54, 1.807) is 10.7 Å². The van der Waals surface area contributed by atoms with Gasteiger partial charge >= 0.3 is 0 Å². The predicted octanol–water partition coefficient (Wildman–Crippen LogP) is 0.488. The number of nitrogens with one attached hydrogen (secondary N) is 1. The van der Waals surface area contributed by atoms with Crippen LogP contribution in [0, 0.1) is 0 Å². The maximum atomic E-state index is 4.26. The van der Waals surface area contributed by atoms with E-state index >= 15 is 0 Å². The largest absolute Gasteiger partial charge is 0.351 e. The molecule has 2 aromatic rings. The number of hydrogen-bond donors (Lipinski definition) is 1. The van der Waals surface area contributed by atoms with Crippen LogP contribution in [-0.4, -0.2) is 50.7 Å². The van der Waals surface area contributed by atoms with Gasteiger partial charge in [-0.25, -0.2) is 0 Å². The molecule has 0 spiro atoms. The van der Waals surface area contributed by atoms with Crippen LogP contribution in [0.15, 0.2) is 12.4 Å². The summed E-state index contributed by atoms with van der Waals surface area (Å²) in [5.41, 5.74) is 0.697. The lowest BCUT2D eigenvalue weighted by atomic mass is 10.1. The molecular weight excluding hydrogens is 242 g/mol. The monoisotopic (exact) mass is 261 g/mol. The zero-order valence-electron chi connectivity index (χ0n) is 11.2. The summed E-state index contributed by atoms with van der Waals surface area (Å²) in [6.45, 7) is 5.31. The van der Waals surface area contributed by atoms with Crippen LogP contribution in [0.2, 0.25) is 0 Å². The van der Waals surface area contributed by atoms with Crippen LogP contribution in [0.5, 0.6) is 0 Å². The molecule has 3 heterocycles. The Labute approximate surface area is 112 Å². The van der Waals surface area contributed by atoms with E-state index in [0.717, 1.165) is 31.9 Å². The SMILES string of the molecule is CCCN(c1cncc2nnnn12)C1CCCNC1. The summed E-state index contributed by atoms with van der Waals surface area (Å²) in [7, 11) is 0. The molecule has 2 aromatic heterocycles. The first kappa shape index (κ1) is 12.3. The van der Waals surface area contributed by atoms with Crippen LogP contribution >= 0.6 is 0 Å². The van der Waals surface area contributed by atoms with Crippen molar-refractivity contribution in [3.05, 3.63) is 12.4 Å². The van der Waals surface area contributed by atoms with Crippen molar-refractivity contribution in [1.82, 2.24) is 30.3 Å². The Morgan fingerprint density at radius 2 is 2.42 bits per heavy atom. The second-order valence-corrected chi connectivity index (χ2v) is 4.91. The van der Waals surface area contributed by atoms with Crippen molar-refractivity contribution in [3.8, 4) is 0 Å². The van der Waals surface area contributed by atoms with Crippen LogP contribution in [0.1, 0.15) is 26.2 Å². The Balaban J connectivity index is 1.96. The highest BCUT2D eigenvalue weighted by Gasteiger charge is 2.23. The highest BCUT2D eigenvalue weighted by atomic mass is 15.5. The molecule has 1 unspecified atom stereocenters. The average molecular weight is 261 g/mol. The Kier molecular flexibility index (Phi) is 3.54. The van der Waals surface area contributed by atoms with Crippen molar-refractivity contribution in [2.75, 3.05) is 24.5 Å². The lowest BCUT2D eigenvalue weighted by Gasteiger charge is -2.35. The Hall–Kier alpha value is -1.76. The fourth-order valence-corrected chi connectivity index (χ4v) is 2.68. The number of tetrazole rings is 1. The van der Waals surface area contributed by atoms with Crippen LogP contribution in [0.4, 0.5) is 5.82 Å². The fraction of sp³-hybridized carbons (Fsp3) is 0.667. The lowest BCUT2D eigenvalue weighted by Crippen LogP contribution is -2.47. The van der Waals surface area contributed by atoms with Crippen molar-refractivity contribution in [2.24, 2.45) is 0 Å². The minimum Gasteiger partial charge on any atom is -0.351 e. The van der Waals surface area contributed by atoms with Gasteiger partial charge in [0.05, 0.1) is 12.4 Å². The summed E-state index contributed by atoms with van der Waals surface area (Å²) in [5.74, 6) is 0.984. The molecule has 19 heavy (non-hydrogen) atoms. The number of hydrogen-bond acceptors (Lipinski definition) is 6. The van der Waals surface area contributed by atoms with E-state index in [1.165, 1.54) is 12.8 Å². The summed E-state index contributed by atoms with van der Waals surface area (Å²) in [6, 6.07) is 0.491. The third-order valence-electron chi connectivity index (χ3n) is 3.56. The fourth-order valence-electron chi connectivity index (χ4n) is 2.68. The second kappa shape index (κ2) is 5.48. The summed E-state index contributed by atoms with van der Waals surface area (Å²) in [5, 5.41) is 15.2. The van der Waals surface area contributed by atoms with Crippen LogP contribution in [0.3, 0.4) is 0 Å². The first-order valence-corrected chi connectivity index (χ1v) is 6.89. The predicted molar refractivity (Wildman–Crippen MR) is 72.1 cm³/mol. The Morgan fingerprint density at radius 1 is 1.47 bits per heavy atom. The van der Waals surface area contributed by atoms with Crippen LogP contribution in [-0.2, 0) is 0 Å². The first-order chi connectivity index (χ1) is 9.40. The number of piperidine rings is 1. The third kappa shape index (κ3) is 2.37. The summed E-state index contributed by atoms with van der Waals surface area (Å²) < 4.78 is 1.78. The van der Waals surface area contributed by atoms with Crippen molar-refractivity contribution < 1.29 is 0 Å². The van der Waals surface area contributed by atoms with Gasteiger partial charge in [0.15, 0.2) is 11.5 Å². The molecule has 1 atom stereocenters. The second-order valence-electron chi connectivity index (χ2n) is 4.91. The van der Waals surface area contributed by atoms with Gasteiger partial charge in [0.25, 0.3) is 0 Å². The zero-order valence-corrected chi connectivity index (χ0v) is 11.2. The van der Waals surface area contributed by atoms with Gasteiger partial charge in [-0.3, -0.25) is 4.98 Å². The normalized spacial score (nSPS) is 19.7. The summed E-state index contributed by atoms with van der Waals surface area (Å²) >= 11 is 0. The molecule has 1 saturated heterocycles. The Morgan fingerprint density at radius 3 is 3.21 bits per heavy atom. The molecule has 0 aromatic carbocycles. The topological polar surface area (TPSA) is 71.2 Å². The van der Waals surface area contributed by atoms with Gasteiger partial charge in [0.2, 0.25) is 0 Å². The van der Waals surface area contributed by atoms with Gasteiger partial charge in [0, 0.05) is 19.1 Å². The molecule has 0 amide bonds.